The van der Waals surface area contributed by atoms with E-state index in [0.717, 1.165) is 21.2 Å². The molecule has 0 fully saturated rings. The predicted octanol–water partition coefficient (Wildman–Crippen LogP) is 6.20. The molecule has 6 heteroatoms. The molecule has 3 aromatic carbocycles. The Morgan fingerprint density at radius 2 is 1.88 bits per heavy atom. The summed E-state index contributed by atoms with van der Waals surface area (Å²) in [5.74, 6) is 0.654. The Morgan fingerprint density at radius 3 is 2.56 bits per heavy atom. The molecule has 0 saturated carbocycles. The predicted molar refractivity (Wildman–Crippen MR) is 130 cm³/mol. The molecule has 0 bridgehead atoms. The number of nitriles is 1. The maximum atomic E-state index is 12.8. The van der Waals surface area contributed by atoms with Crippen molar-refractivity contribution in [1.29, 1.82) is 5.26 Å². The first-order valence-corrected chi connectivity index (χ1v) is 10.7. The first kappa shape index (κ1) is 23.1. The number of hydrogen-bond acceptors (Lipinski definition) is 4. The fourth-order valence-corrected chi connectivity index (χ4v) is 3.27. The van der Waals surface area contributed by atoms with Gasteiger partial charge in [0.2, 0.25) is 0 Å². The van der Waals surface area contributed by atoms with Crippen molar-refractivity contribution >= 4 is 33.6 Å². The minimum absolute atomic E-state index is 0.0236. The summed E-state index contributed by atoms with van der Waals surface area (Å²) in [7, 11) is 1.57. The highest BCUT2D eigenvalue weighted by Crippen LogP contribution is 2.28. The molecule has 0 radical (unpaired) electrons. The van der Waals surface area contributed by atoms with E-state index in [0.29, 0.717) is 29.4 Å². The van der Waals surface area contributed by atoms with Crippen LogP contribution in [0, 0.1) is 25.2 Å². The summed E-state index contributed by atoms with van der Waals surface area (Å²) in [4.78, 5) is 12.8. The standard InChI is InChI=1S/C26H23BrN2O3/c1-17-5-4-6-24(18(17)2)29-26(30)21(15-28)13-20-9-12-23(31-3)14-25(20)32-16-19-7-10-22(27)11-8-19/h4-14H,16H2,1-3H3,(H,29,30)/b21-13+. The molecular formula is C26H23BrN2O3. The van der Waals surface area contributed by atoms with Crippen molar-refractivity contribution in [3.63, 3.8) is 0 Å². The Morgan fingerprint density at radius 1 is 1.12 bits per heavy atom. The van der Waals surface area contributed by atoms with Crippen molar-refractivity contribution in [2.75, 3.05) is 12.4 Å². The number of nitrogens with one attached hydrogen (secondary N) is 1. The molecule has 162 valence electrons. The highest BCUT2D eigenvalue weighted by molar-refractivity contribution is 9.10. The molecular weight excluding hydrogens is 468 g/mol. The van der Waals surface area contributed by atoms with Gasteiger partial charge in [-0.25, -0.2) is 0 Å². The lowest BCUT2D eigenvalue weighted by Gasteiger charge is -2.12. The first-order chi connectivity index (χ1) is 15.4. The molecule has 0 aliphatic heterocycles. The van der Waals surface area contributed by atoms with E-state index in [1.807, 2.05) is 62.4 Å². The molecule has 0 atom stereocenters. The van der Waals surface area contributed by atoms with Crippen LogP contribution < -0.4 is 14.8 Å². The number of rotatable bonds is 7. The fraction of sp³-hybridized carbons (Fsp3) is 0.154. The van der Waals surface area contributed by atoms with Crippen LogP contribution in [0.3, 0.4) is 0 Å². The number of aryl methyl sites for hydroxylation is 1. The van der Waals surface area contributed by atoms with Crippen molar-refractivity contribution in [3.05, 3.63) is 93.0 Å². The van der Waals surface area contributed by atoms with Crippen LogP contribution in [-0.4, -0.2) is 13.0 Å². The molecule has 5 nitrogen and oxygen atoms in total. The van der Waals surface area contributed by atoms with E-state index in [1.54, 1.807) is 25.3 Å². The minimum atomic E-state index is -0.476. The lowest BCUT2D eigenvalue weighted by atomic mass is 10.1. The van der Waals surface area contributed by atoms with Gasteiger partial charge < -0.3 is 14.8 Å². The van der Waals surface area contributed by atoms with Crippen molar-refractivity contribution in [2.45, 2.75) is 20.5 Å². The number of carbonyl (C=O) groups is 1. The zero-order valence-corrected chi connectivity index (χ0v) is 19.7. The van der Waals surface area contributed by atoms with Crippen molar-refractivity contribution in [1.82, 2.24) is 0 Å². The van der Waals surface area contributed by atoms with Gasteiger partial charge in [0.25, 0.3) is 5.91 Å². The summed E-state index contributed by atoms with van der Waals surface area (Å²) in [6, 6.07) is 20.7. The Labute approximate surface area is 196 Å². The molecule has 0 unspecified atom stereocenters. The quantitative estimate of drug-likeness (QED) is 0.316. The van der Waals surface area contributed by atoms with Crippen LogP contribution >= 0.6 is 15.9 Å². The van der Waals surface area contributed by atoms with Crippen LogP contribution in [0.15, 0.2) is 70.7 Å². The van der Waals surface area contributed by atoms with Gasteiger partial charge in [0.05, 0.1) is 7.11 Å². The average Bonchev–Trinajstić information content (AvgIpc) is 2.80. The molecule has 0 aliphatic carbocycles. The number of carbonyl (C=O) groups excluding carboxylic acids is 1. The van der Waals surface area contributed by atoms with E-state index in [1.165, 1.54) is 6.08 Å². The van der Waals surface area contributed by atoms with Gasteiger partial charge in [-0.1, -0.05) is 40.2 Å². The number of benzene rings is 3. The van der Waals surface area contributed by atoms with E-state index >= 15 is 0 Å². The van der Waals surface area contributed by atoms with Gasteiger partial charge in [-0.05, 0) is 66.9 Å². The molecule has 0 aliphatic rings. The molecule has 0 heterocycles. The topological polar surface area (TPSA) is 71.3 Å². The molecule has 0 aromatic heterocycles. The van der Waals surface area contributed by atoms with Crippen LogP contribution in [0.25, 0.3) is 6.08 Å². The summed E-state index contributed by atoms with van der Waals surface area (Å²) in [6.45, 7) is 4.23. The van der Waals surface area contributed by atoms with Crippen LogP contribution in [0.5, 0.6) is 11.5 Å². The largest absolute Gasteiger partial charge is 0.497 e. The number of anilines is 1. The van der Waals surface area contributed by atoms with E-state index in [2.05, 4.69) is 21.2 Å². The Hall–Kier alpha value is -3.56. The lowest BCUT2D eigenvalue weighted by Crippen LogP contribution is -2.14. The second-order valence-electron chi connectivity index (χ2n) is 7.19. The third-order valence-electron chi connectivity index (χ3n) is 5.05. The second kappa shape index (κ2) is 10.7. The Bertz CT molecular complexity index is 1190. The fourth-order valence-electron chi connectivity index (χ4n) is 3.01. The maximum Gasteiger partial charge on any atom is 0.266 e. The van der Waals surface area contributed by atoms with Gasteiger partial charge in [0, 0.05) is 21.8 Å². The van der Waals surface area contributed by atoms with Crippen LogP contribution in [0.2, 0.25) is 0 Å². The monoisotopic (exact) mass is 490 g/mol. The van der Waals surface area contributed by atoms with Gasteiger partial charge in [0.1, 0.15) is 29.7 Å². The van der Waals surface area contributed by atoms with E-state index in [9.17, 15) is 10.1 Å². The van der Waals surface area contributed by atoms with Crippen molar-refractivity contribution < 1.29 is 14.3 Å². The van der Waals surface area contributed by atoms with Gasteiger partial charge in [0.15, 0.2) is 0 Å². The highest BCUT2D eigenvalue weighted by atomic mass is 79.9. The highest BCUT2D eigenvalue weighted by Gasteiger charge is 2.14. The smallest absolute Gasteiger partial charge is 0.266 e. The van der Waals surface area contributed by atoms with Crippen LogP contribution in [0.1, 0.15) is 22.3 Å². The molecule has 3 rings (SSSR count). The van der Waals surface area contributed by atoms with Gasteiger partial charge >= 0.3 is 0 Å². The Kier molecular flexibility index (Phi) is 7.69. The summed E-state index contributed by atoms with van der Waals surface area (Å²) in [6.07, 6.45) is 1.52. The molecule has 0 saturated heterocycles. The molecule has 1 amide bonds. The van der Waals surface area contributed by atoms with Crippen LogP contribution in [-0.2, 0) is 11.4 Å². The Balaban J connectivity index is 1.87. The van der Waals surface area contributed by atoms with Gasteiger partial charge in [-0.15, -0.1) is 0 Å². The van der Waals surface area contributed by atoms with Crippen molar-refractivity contribution in [2.24, 2.45) is 0 Å². The SMILES string of the molecule is COc1ccc(/C=C(\C#N)C(=O)Nc2cccc(C)c2C)c(OCc2ccc(Br)cc2)c1. The number of ether oxygens (including phenoxy) is 2. The molecule has 0 spiro atoms. The van der Waals surface area contributed by atoms with Gasteiger partial charge in [-0.3, -0.25) is 4.79 Å². The molecule has 1 N–H and O–H groups in total. The summed E-state index contributed by atoms with van der Waals surface area (Å²) in [5, 5.41) is 12.5. The second-order valence-corrected chi connectivity index (χ2v) is 8.11. The van der Waals surface area contributed by atoms with E-state index < -0.39 is 5.91 Å². The number of amides is 1. The average molecular weight is 491 g/mol. The van der Waals surface area contributed by atoms with Crippen LogP contribution in [0.4, 0.5) is 5.69 Å². The summed E-state index contributed by atoms with van der Waals surface area (Å²) < 4.78 is 12.3. The number of hydrogen-bond donors (Lipinski definition) is 1. The zero-order chi connectivity index (χ0) is 23.1. The number of methoxy groups -OCH3 is 1. The summed E-state index contributed by atoms with van der Waals surface area (Å²) >= 11 is 3.42. The number of halogens is 1. The summed E-state index contributed by atoms with van der Waals surface area (Å²) in [5.41, 5.74) is 4.27. The van der Waals surface area contributed by atoms with E-state index in [-0.39, 0.29) is 5.57 Å². The minimum Gasteiger partial charge on any atom is -0.497 e. The number of nitrogens with zero attached hydrogens (tertiary/aromatic N) is 1. The zero-order valence-electron chi connectivity index (χ0n) is 18.1. The third kappa shape index (κ3) is 5.77. The van der Waals surface area contributed by atoms with E-state index in [4.69, 9.17) is 9.47 Å². The normalized spacial score (nSPS) is 10.9. The van der Waals surface area contributed by atoms with Crippen molar-refractivity contribution in [3.8, 4) is 17.6 Å². The third-order valence-corrected chi connectivity index (χ3v) is 5.57. The molecule has 32 heavy (non-hydrogen) atoms. The maximum absolute atomic E-state index is 12.8. The molecule has 3 aromatic rings. The van der Waals surface area contributed by atoms with Gasteiger partial charge in [-0.2, -0.15) is 5.26 Å². The lowest BCUT2D eigenvalue weighted by molar-refractivity contribution is -0.112. The first-order valence-electron chi connectivity index (χ1n) is 9.96.